The van der Waals surface area contributed by atoms with Crippen molar-refractivity contribution < 1.29 is 23.4 Å². The van der Waals surface area contributed by atoms with Crippen molar-refractivity contribution in [1.29, 1.82) is 0 Å². The van der Waals surface area contributed by atoms with E-state index >= 15 is 0 Å². The molecule has 1 aliphatic carbocycles. The van der Waals surface area contributed by atoms with Crippen molar-refractivity contribution in [2.75, 3.05) is 12.4 Å². The molecule has 1 aromatic rings. The summed E-state index contributed by atoms with van der Waals surface area (Å²) in [4.78, 5) is 10.6. The first kappa shape index (κ1) is 12.8. The van der Waals surface area contributed by atoms with E-state index in [0.717, 1.165) is 12.1 Å². The second kappa shape index (κ2) is 4.89. The van der Waals surface area contributed by atoms with Crippen LogP contribution in [0.3, 0.4) is 0 Å². The van der Waals surface area contributed by atoms with Gasteiger partial charge in [0.2, 0.25) is 0 Å². The van der Waals surface area contributed by atoms with Crippen LogP contribution in [-0.4, -0.2) is 30.3 Å². The minimum Gasteiger partial charge on any atom is -0.478 e. The fourth-order valence-corrected chi connectivity index (χ4v) is 1.91. The standard InChI is InChI=1S/C12H13F2NO3/c1-18-8-4-7(5-8)15-11-9(13)2-6(12(16)17)3-10(11)14/h2-3,7-8,15H,4-5H2,1H3,(H,16,17). The number of carboxylic acid groups (broad SMARTS) is 1. The molecule has 0 spiro atoms. The number of ether oxygens (including phenoxy) is 1. The Morgan fingerprint density at radius 2 is 1.94 bits per heavy atom. The number of nitrogens with one attached hydrogen (secondary N) is 1. The summed E-state index contributed by atoms with van der Waals surface area (Å²) in [5, 5.41) is 11.4. The van der Waals surface area contributed by atoms with Gasteiger partial charge in [-0.2, -0.15) is 0 Å². The molecule has 98 valence electrons. The van der Waals surface area contributed by atoms with Gasteiger partial charge < -0.3 is 15.2 Å². The number of halogens is 2. The first-order valence-electron chi connectivity index (χ1n) is 5.53. The summed E-state index contributed by atoms with van der Waals surface area (Å²) < 4.78 is 32.2. The summed E-state index contributed by atoms with van der Waals surface area (Å²) in [6, 6.07) is 1.56. The van der Waals surface area contributed by atoms with E-state index in [2.05, 4.69) is 5.32 Å². The van der Waals surface area contributed by atoms with E-state index in [0.29, 0.717) is 12.8 Å². The molecule has 1 aromatic carbocycles. The highest BCUT2D eigenvalue weighted by Crippen LogP contribution is 2.29. The molecule has 1 aliphatic rings. The Bertz CT molecular complexity index is 449. The molecule has 0 aliphatic heterocycles. The number of benzene rings is 1. The molecular formula is C12H13F2NO3. The predicted octanol–water partition coefficient (Wildman–Crippen LogP) is 2.25. The SMILES string of the molecule is COC1CC(Nc2c(F)cc(C(=O)O)cc2F)C1. The molecule has 6 heteroatoms. The average Bonchev–Trinajstić information content (AvgIpc) is 2.25. The van der Waals surface area contributed by atoms with E-state index in [1.165, 1.54) is 0 Å². The normalized spacial score (nSPS) is 22.4. The van der Waals surface area contributed by atoms with Crippen LogP contribution in [0.25, 0.3) is 0 Å². The molecule has 18 heavy (non-hydrogen) atoms. The lowest BCUT2D eigenvalue weighted by molar-refractivity contribution is 0.0327. The number of hydrogen-bond donors (Lipinski definition) is 2. The van der Waals surface area contributed by atoms with E-state index in [9.17, 15) is 13.6 Å². The number of hydrogen-bond acceptors (Lipinski definition) is 3. The fourth-order valence-electron chi connectivity index (χ4n) is 1.91. The van der Waals surface area contributed by atoms with Gasteiger partial charge in [-0.15, -0.1) is 0 Å². The number of rotatable bonds is 4. The number of carbonyl (C=O) groups is 1. The van der Waals surface area contributed by atoms with Gasteiger partial charge in [0, 0.05) is 13.2 Å². The first-order valence-corrected chi connectivity index (χ1v) is 5.53. The molecule has 0 aromatic heterocycles. The van der Waals surface area contributed by atoms with Crippen LogP contribution in [0.2, 0.25) is 0 Å². The molecule has 0 unspecified atom stereocenters. The van der Waals surface area contributed by atoms with Gasteiger partial charge >= 0.3 is 5.97 Å². The third kappa shape index (κ3) is 2.43. The van der Waals surface area contributed by atoms with Gasteiger partial charge in [-0.05, 0) is 25.0 Å². The molecule has 0 amide bonds. The molecule has 2 N–H and O–H groups in total. The van der Waals surface area contributed by atoms with E-state index in [-0.39, 0.29) is 17.8 Å². The molecule has 4 nitrogen and oxygen atoms in total. The van der Waals surface area contributed by atoms with Gasteiger partial charge in [0.25, 0.3) is 0 Å². The van der Waals surface area contributed by atoms with Crippen LogP contribution in [0.1, 0.15) is 23.2 Å². The minimum atomic E-state index is -1.36. The molecule has 0 atom stereocenters. The monoisotopic (exact) mass is 257 g/mol. The molecular weight excluding hydrogens is 244 g/mol. The Kier molecular flexibility index (Phi) is 3.47. The smallest absolute Gasteiger partial charge is 0.335 e. The summed E-state index contributed by atoms with van der Waals surface area (Å²) in [6.45, 7) is 0. The summed E-state index contributed by atoms with van der Waals surface area (Å²) in [5.74, 6) is -3.15. The van der Waals surface area contributed by atoms with Crippen molar-refractivity contribution in [2.45, 2.75) is 25.0 Å². The zero-order valence-electron chi connectivity index (χ0n) is 9.74. The van der Waals surface area contributed by atoms with E-state index in [1.807, 2.05) is 0 Å². The van der Waals surface area contributed by atoms with Crippen molar-refractivity contribution in [3.05, 3.63) is 29.3 Å². The molecule has 0 radical (unpaired) electrons. The maximum Gasteiger partial charge on any atom is 0.335 e. The van der Waals surface area contributed by atoms with E-state index in [4.69, 9.17) is 9.84 Å². The van der Waals surface area contributed by atoms with Crippen molar-refractivity contribution in [3.8, 4) is 0 Å². The molecule has 1 saturated carbocycles. The van der Waals surface area contributed by atoms with Crippen LogP contribution in [0.5, 0.6) is 0 Å². The summed E-state index contributed by atoms with van der Waals surface area (Å²) in [7, 11) is 1.59. The topological polar surface area (TPSA) is 58.6 Å². The van der Waals surface area contributed by atoms with Gasteiger partial charge in [-0.1, -0.05) is 0 Å². The highest BCUT2D eigenvalue weighted by molar-refractivity contribution is 5.88. The summed E-state index contributed by atoms with van der Waals surface area (Å²) in [5.41, 5.74) is -0.682. The Balaban J connectivity index is 2.12. The molecule has 0 heterocycles. The number of aromatic carboxylic acids is 1. The highest BCUT2D eigenvalue weighted by Gasteiger charge is 2.30. The van der Waals surface area contributed by atoms with Crippen LogP contribution >= 0.6 is 0 Å². The fraction of sp³-hybridized carbons (Fsp3) is 0.417. The second-order valence-corrected chi connectivity index (χ2v) is 4.29. The number of anilines is 1. The molecule has 0 saturated heterocycles. The Morgan fingerprint density at radius 3 is 2.39 bits per heavy atom. The third-order valence-electron chi connectivity index (χ3n) is 3.07. The van der Waals surface area contributed by atoms with Gasteiger partial charge in [0.05, 0.1) is 11.7 Å². The van der Waals surface area contributed by atoms with Crippen molar-refractivity contribution in [1.82, 2.24) is 0 Å². The highest BCUT2D eigenvalue weighted by atomic mass is 19.1. The quantitative estimate of drug-likeness (QED) is 0.868. The van der Waals surface area contributed by atoms with Gasteiger partial charge in [-0.25, -0.2) is 13.6 Å². The van der Waals surface area contributed by atoms with Crippen LogP contribution in [-0.2, 0) is 4.74 Å². The minimum absolute atomic E-state index is 0.0466. The van der Waals surface area contributed by atoms with Gasteiger partial charge in [0.1, 0.15) is 17.3 Å². The Labute approximate surface area is 103 Å². The van der Waals surface area contributed by atoms with Crippen molar-refractivity contribution in [3.63, 3.8) is 0 Å². The number of carboxylic acids is 1. The first-order chi connectivity index (χ1) is 8.51. The van der Waals surface area contributed by atoms with Crippen LogP contribution in [0, 0.1) is 11.6 Å². The van der Waals surface area contributed by atoms with Crippen LogP contribution in [0.4, 0.5) is 14.5 Å². The molecule has 2 rings (SSSR count). The van der Waals surface area contributed by atoms with Gasteiger partial charge in [-0.3, -0.25) is 0 Å². The van der Waals surface area contributed by atoms with Crippen molar-refractivity contribution >= 4 is 11.7 Å². The van der Waals surface area contributed by atoms with Crippen LogP contribution < -0.4 is 5.32 Å². The molecule has 0 bridgehead atoms. The lowest BCUT2D eigenvalue weighted by Crippen LogP contribution is -2.40. The summed E-state index contributed by atoms with van der Waals surface area (Å²) in [6.07, 6.45) is 1.47. The maximum absolute atomic E-state index is 13.6. The molecule has 1 fully saturated rings. The van der Waals surface area contributed by atoms with E-state index in [1.54, 1.807) is 7.11 Å². The Morgan fingerprint density at radius 1 is 1.39 bits per heavy atom. The maximum atomic E-state index is 13.6. The van der Waals surface area contributed by atoms with Crippen LogP contribution in [0.15, 0.2) is 12.1 Å². The largest absolute Gasteiger partial charge is 0.478 e. The van der Waals surface area contributed by atoms with Crippen molar-refractivity contribution in [2.24, 2.45) is 0 Å². The lowest BCUT2D eigenvalue weighted by atomic mass is 9.89. The van der Waals surface area contributed by atoms with Gasteiger partial charge in [0.15, 0.2) is 0 Å². The number of methoxy groups -OCH3 is 1. The average molecular weight is 257 g/mol. The lowest BCUT2D eigenvalue weighted by Gasteiger charge is -2.35. The zero-order valence-corrected chi connectivity index (χ0v) is 9.74. The summed E-state index contributed by atoms with van der Waals surface area (Å²) >= 11 is 0. The Hall–Kier alpha value is -1.69. The zero-order chi connectivity index (χ0) is 13.3. The predicted molar refractivity (Wildman–Crippen MR) is 60.8 cm³/mol. The third-order valence-corrected chi connectivity index (χ3v) is 3.07. The second-order valence-electron chi connectivity index (χ2n) is 4.29. The van der Waals surface area contributed by atoms with E-state index < -0.39 is 23.2 Å².